The Morgan fingerprint density at radius 3 is 2.73 bits per heavy atom. The summed E-state index contributed by atoms with van der Waals surface area (Å²) in [6, 6.07) is 15.2. The normalized spacial score (nSPS) is 12.6. The number of hydrogen-bond donors (Lipinski definition) is 1. The zero-order valence-electron chi connectivity index (χ0n) is 11.8. The Balaban J connectivity index is 1.72. The third kappa shape index (κ3) is 2.16. The molecule has 0 saturated heterocycles. The van der Waals surface area contributed by atoms with Crippen molar-refractivity contribution in [2.75, 3.05) is 5.23 Å². The molecule has 2 aromatic carbocycles. The van der Waals surface area contributed by atoms with Gasteiger partial charge in [-0.3, -0.25) is 5.21 Å². The van der Waals surface area contributed by atoms with E-state index in [1.807, 2.05) is 18.3 Å². The van der Waals surface area contributed by atoms with E-state index < -0.39 is 0 Å². The van der Waals surface area contributed by atoms with Crippen LogP contribution in [0.15, 0.2) is 54.7 Å². The largest absolute Gasteiger partial charge is 0.733 e. The third-order valence-electron chi connectivity index (χ3n) is 4.03. The zero-order valence-corrected chi connectivity index (χ0v) is 11.8. The fourth-order valence-corrected chi connectivity index (χ4v) is 2.89. The van der Waals surface area contributed by atoms with E-state index in [1.165, 1.54) is 11.1 Å². The number of aromatic nitrogens is 2. The highest BCUT2D eigenvalue weighted by molar-refractivity contribution is 5.65. The highest BCUT2D eigenvalue weighted by atomic mass is 16.8. The van der Waals surface area contributed by atoms with Crippen LogP contribution in [0, 0.1) is 5.21 Å². The van der Waals surface area contributed by atoms with Crippen LogP contribution >= 0.6 is 0 Å². The molecule has 3 aromatic rings. The Bertz CT molecular complexity index is 797. The number of benzene rings is 2. The molecule has 22 heavy (non-hydrogen) atoms. The molecule has 1 aromatic heterocycles. The minimum absolute atomic E-state index is 0.130. The average molecular weight is 292 g/mol. The van der Waals surface area contributed by atoms with Gasteiger partial charge in [0.1, 0.15) is 5.82 Å². The number of anilines is 1. The molecule has 1 aliphatic rings. The van der Waals surface area contributed by atoms with Crippen LogP contribution in [-0.4, -0.2) is 14.8 Å². The predicted molar refractivity (Wildman–Crippen MR) is 83.6 cm³/mol. The molecule has 0 amide bonds. The molecule has 4 rings (SSSR count). The van der Waals surface area contributed by atoms with Gasteiger partial charge in [-0.25, -0.2) is 4.98 Å². The molecule has 110 valence electrons. The molecule has 1 N–H and O–H groups in total. The molecule has 5 heteroatoms. The highest BCUT2D eigenvalue weighted by Gasteiger charge is 2.17. The number of nitrogens with zero attached hydrogens (tertiary/aromatic N) is 3. The van der Waals surface area contributed by atoms with Crippen LogP contribution in [0.1, 0.15) is 17.0 Å². The van der Waals surface area contributed by atoms with Crippen molar-refractivity contribution in [3.8, 4) is 11.3 Å². The van der Waals surface area contributed by atoms with Crippen molar-refractivity contribution in [3.05, 3.63) is 76.9 Å². The van der Waals surface area contributed by atoms with Crippen LogP contribution < -0.4 is 5.23 Å². The summed E-state index contributed by atoms with van der Waals surface area (Å²) in [5.74, 6) is 1.02. The standard InChI is InChI=1S/C17H14N3O2/c21-20(22)15-7-3-6-13(8-15)16-11-19-10-14-5-2-1-4-12(14)9-17(19)18-16/h1-8,11,21H,9-10H2/q-1. The summed E-state index contributed by atoms with van der Waals surface area (Å²) in [6.45, 7) is 0.811. The number of imidazole rings is 1. The molecule has 1 aliphatic heterocycles. The molecular formula is C17H14N3O2-. The Hall–Kier alpha value is -2.63. The first kappa shape index (κ1) is 13.1. The number of rotatable bonds is 2. The van der Waals surface area contributed by atoms with Crippen LogP contribution in [0.25, 0.3) is 11.3 Å². The van der Waals surface area contributed by atoms with Gasteiger partial charge < -0.3 is 15.0 Å². The molecule has 0 aliphatic carbocycles. The molecule has 0 saturated carbocycles. The molecular weight excluding hydrogens is 278 g/mol. The van der Waals surface area contributed by atoms with Crippen molar-refractivity contribution >= 4 is 5.69 Å². The van der Waals surface area contributed by atoms with Gasteiger partial charge in [0, 0.05) is 24.7 Å². The first-order valence-electron chi connectivity index (χ1n) is 7.10. The summed E-state index contributed by atoms with van der Waals surface area (Å²) in [4.78, 5) is 4.68. The summed E-state index contributed by atoms with van der Waals surface area (Å²) in [5.41, 5.74) is 4.45. The maximum Gasteiger partial charge on any atom is 0.114 e. The van der Waals surface area contributed by atoms with Crippen LogP contribution in [-0.2, 0) is 13.0 Å². The fourth-order valence-electron chi connectivity index (χ4n) is 2.89. The molecule has 0 radical (unpaired) electrons. The van der Waals surface area contributed by atoms with Gasteiger partial charge in [0.05, 0.1) is 11.4 Å². The van der Waals surface area contributed by atoms with Crippen molar-refractivity contribution in [2.24, 2.45) is 0 Å². The van der Waals surface area contributed by atoms with Gasteiger partial charge in [0.15, 0.2) is 0 Å². The van der Waals surface area contributed by atoms with E-state index in [0.717, 1.165) is 30.0 Å². The van der Waals surface area contributed by atoms with Crippen molar-refractivity contribution in [1.29, 1.82) is 0 Å². The van der Waals surface area contributed by atoms with Gasteiger partial charge >= 0.3 is 0 Å². The van der Waals surface area contributed by atoms with Crippen LogP contribution in [0.2, 0.25) is 0 Å². The molecule has 0 fully saturated rings. The predicted octanol–water partition coefficient (Wildman–Crippen LogP) is 3.20. The maximum absolute atomic E-state index is 11.0. The lowest BCUT2D eigenvalue weighted by Gasteiger charge is -2.21. The maximum atomic E-state index is 11.0. The summed E-state index contributed by atoms with van der Waals surface area (Å²) in [7, 11) is 0. The second-order valence-electron chi connectivity index (χ2n) is 5.44. The Morgan fingerprint density at radius 1 is 1.09 bits per heavy atom. The van der Waals surface area contributed by atoms with Gasteiger partial charge in [0.25, 0.3) is 0 Å². The molecule has 0 bridgehead atoms. The SMILES string of the molecule is [O-]N(O)c1cccc(-c2cn3c(n2)Cc2ccccc2C3)c1. The van der Waals surface area contributed by atoms with Gasteiger partial charge in [-0.1, -0.05) is 36.4 Å². The topological polar surface area (TPSA) is 64.3 Å². The minimum Gasteiger partial charge on any atom is -0.733 e. The van der Waals surface area contributed by atoms with E-state index in [9.17, 15) is 5.21 Å². The van der Waals surface area contributed by atoms with Crippen molar-refractivity contribution in [3.63, 3.8) is 0 Å². The highest BCUT2D eigenvalue weighted by Crippen LogP contribution is 2.27. The van der Waals surface area contributed by atoms with E-state index in [1.54, 1.807) is 18.2 Å². The second kappa shape index (κ2) is 4.98. The average Bonchev–Trinajstić information content (AvgIpc) is 2.95. The van der Waals surface area contributed by atoms with E-state index in [0.29, 0.717) is 0 Å². The van der Waals surface area contributed by atoms with Gasteiger partial charge in [-0.15, -0.1) is 0 Å². The summed E-state index contributed by atoms with van der Waals surface area (Å²) in [5, 5.41) is 19.9. The lowest BCUT2D eigenvalue weighted by Crippen LogP contribution is -2.13. The van der Waals surface area contributed by atoms with Crippen LogP contribution in [0.4, 0.5) is 5.69 Å². The number of hydrogen-bond acceptors (Lipinski definition) is 4. The Morgan fingerprint density at radius 2 is 1.91 bits per heavy atom. The van der Waals surface area contributed by atoms with Crippen LogP contribution in [0.5, 0.6) is 0 Å². The molecule has 0 spiro atoms. The summed E-state index contributed by atoms with van der Waals surface area (Å²) < 4.78 is 2.14. The molecule has 0 unspecified atom stereocenters. The lowest BCUT2D eigenvalue weighted by atomic mass is 10.0. The smallest absolute Gasteiger partial charge is 0.114 e. The molecule has 5 nitrogen and oxygen atoms in total. The van der Waals surface area contributed by atoms with Crippen molar-refractivity contribution < 1.29 is 5.21 Å². The zero-order chi connectivity index (χ0) is 15.1. The monoisotopic (exact) mass is 292 g/mol. The van der Waals surface area contributed by atoms with E-state index in [2.05, 4.69) is 27.8 Å². The second-order valence-corrected chi connectivity index (χ2v) is 5.44. The lowest BCUT2D eigenvalue weighted by molar-refractivity contribution is 0.296. The van der Waals surface area contributed by atoms with E-state index in [4.69, 9.17) is 5.21 Å². The van der Waals surface area contributed by atoms with Crippen molar-refractivity contribution in [1.82, 2.24) is 9.55 Å². The Labute approximate surface area is 127 Å². The first-order valence-corrected chi connectivity index (χ1v) is 7.10. The Kier molecular flexibility index (Phi) is 2.96. The number of fused-ring (bicyclic) bond motifs is 2. The van der Waals surface area contributed by atoms with Gasteiger partial charge in [0.2, 0.25) is 0 Å². The first-order chi connectivity index (χ1) is 10.7. The van der Waals surface area contributed by atoms with Crippen molar-refractivity contribution in [2.45, 2.75) is 13.0 Å². The third-order valence-corrected chi connectivity index (χ3v) is 4.03. The summed E-state index contributed by atoms with van der Waals surface area (Å²) in [6.07, 6.45) is 2.81. The molecule has 2 heterocycles. The van der Waals surface area contributed by atoms with Gasteiger partial charge in [-0.05, 0) is 23.3 Å². The minimum atomic E-state index is -0.130. The van der Waals surface area contributed by atoms with Gasteiger partial charge in [-0.2, -0.15) is 0 Å². The van der Waals surface area contributed by atoms with Crippen LogP contribution in [0.3, 0.4) is 0 Å². The van der Waals surface area contributed by atoms with E-state index >= 15 is 0 Å². The molecule has 0 atom stereocenters. The summed E-state index contributed by atoms with van der Waals surface area (Å²) >= 11 is 0. The fraction of sp³-hybridized carbons (Fsp3) is 0.118. The quantitative estimate of drug-likeness (QED) is 0.576. The van der Waals surface area contributed by atoms with E-state index in [-0.39, 0.29) is 10.9 Å².